The fourth-order valence-electron chi connectivity index (χ4n) is 2.69. The number of aliphatic hydroxyl groups excluding tert-OH is 2. The average molecular weight is 341 g/mol. The van der Waals surface area contributed by atoms with Crippen LogP contribution in [0.3, 0.4) is 0 Å². The maximum atomic E-state index is 10.8. The lowest BCUT2D eigenvalue weighted by atomic mass is 9.93. The second-order valence-corrected chi connectivity index (χ2v) is 6.38. The molecule has 1 aliphatic heterocycles. The molecule has 1 aromatic rings. The van der Waals surface area contributed by atoms with E-state index in [1.54, 1.807) is 12.1 Å². The third kappa shape index (κ3) is 5.36. The summed E-state index contributed by atoms with van der Waals surface area (Å²) < 4.78 is 5.90. The minimum absolute atomic E-state index is 0.106. The van der Waals surface area contributed by atoms with Crippen LogP contribution in [0.4, 0.5) is 10.5 Å². The summed E-state index contributed by atoms with van der Waals surface area (Å²) in [5.41, 5.74) is 6.60. The second-order valence-electron chi connectivity index (χ2n) is 5.64. The summed E-state index contributed by atoms with van der Waals surface area (Å²) in [6.45, 7) is 0. The highest BCUT2D eigenvalue weighted by Crippen LogP contribution is 2.26. The fraction of sp³-hybridized carbons (Fsp3) is 0.533. The number of benzene rings is 1. The van der Waals surface area contributed by atoms with Crippen LogP contribution >= 0.6 is 11.9 Å². The van der Waals surface area contributed by atoms with Crippen LogP contribution in [-0.4, -0.2) is 46.4 Å². The predicted molar refractivity (Wildman–Crippen MR) is 89.9 cm³/mol. The number of nitrogens with one attached hydrogen (secondary N) is 1. The predicted octanol–water partition coefficient (Wildman–Crippen LogP) is 0.596. The van der Waals surface area contributed by atoms with Gasteiger partial charge in [0.15, 0.2) is 0 Å². The third-order valence-electron chi connectivity index (χ3n) is 3.86. The standard InChI is InChI=1S/C15H23N3O4S/c16-15(21)18-10-3-1-9(2-4-10)7-13-14(20)12(19)8-11(22-13)5-6-23-17/h1-4,11-14,19-20H,5-8,17H2,(H3,16,18,21)/t11?,12?,13-,14-/m0/s1. The van der Waals surface area contributed by atoms with Gasteiger partial charge in [-0.15, -0.1) is 0 Å². The number of aliphatic hydroxyl groups is 2. The van der Waals surface area contributed by atoms with Gasteiger partial charge in [-0.25, -0.2) is 4.79 Å². The Bertz CT molecular complexity index is 514. The Morgan fingerprint density at radius 2 is 2.04 bits per heavy atom. The van der Waals surface area contributed by atoms with Crippen LogP contribution in [0.25, 0.3) is 0 Å². The Kier molecular flexibility index (Phi) is 6.67. The van der Waals surface area contributed by atoms with E-state index in [0.29, 0.717) is 18.5 Å². The van der Waals surface area contributed by atoms with Crippen LogP contribution in [0.1, 0.15) is 18.4 Å². The van der Waals surface area contributed by atoms with E-state index in [4.69, 9.17) is 15.6 Å². The quantitative estimate of drug-likeness (QED) is 0.482. The number of urea groups is 1. The van der Waals surface area contributed by atoms with E-state index in [0.717, 1.165) is 17.7 Å². The number of nitrogens with two attached hydrogens (primary N) is 2. The van der Waals surface area contributed by atoms with Crippen LogP contribution in [0.15, 0.2) is 24.3 Å². The van der Waals surface area contributed by atoms with Gasteiger partial charge in [0.1, 0.15) is 6.10 Å². The summed E-state index contributed by atoms with van der Waals surface area (Å²) in [7, 11) is 0. The van der Waals surface area contributed by atoms with Gasteiger partial charge in [-0.1, -0.05) is 24.1 Å². The lowest BCUT2D eigenvalue weighted by Gasteiger charge is -2.37. The van der Waals surface area contributed by atoms with Crippen LogP contribution in [-0.2, 0) is 11.2 Å². The summed E-state index contributed by atoms with van der Waals surface area (Å²) in [5, 5.41) is 28.1. The van der Waals surface area contributed by atoms with Gasteiger partial charge < -0.3 is 26.0 Å². The molecule has 8 heteroatoms. The molecule has 1 fully saturated rings. The van der Waals surface area contributed by atoms with E-state index in [-0.39, 0.29) is 6.10 Å². The molecule has 1 aliphatic rings. The van der Waals surface area contributed by atoms with Crippen LogP contribution in [0, 0.1) is 0 Å². The lowest BCUT2D eigenvalue weighted by Crippen LogP contribution is -2.49. The van der Waals surface area contributed by atoms with Crippen molar-refractivity contribution in [3.05, 3.63) is 29.8 Å². The van der Waals surface area contributed by atoms with Crippen molar-refractivity contribution in [2.75, 3.05) is 11.1 Å². The molecule has 0 spiro atoms. The first kappa shape index (κ1) is 18.0. The molecule has 7 N–H and O–H groups in total. The summed E-state index contributed by atoms with van der Waals surface area (Å²) in [5.74, 6) is 0.744. The van der Waals surface area contributed by atoms with Gasteiger partial charge in [-0.3, -0.25) is 5.14 Å². The monoisotopic (exact) mass is 341 g/mol. The van der Waals surface area contributed by atoms with Crippen molar-refractivity contribution in [3.8, 4) is 0 Å². The minimum atomic E-state index is -0.916. The van der Waals surface area contributed by atoms with E-state index in [2.05, 4.69) is 5.32 Å². The molecule has 1 aromatic carbocycles. The SMILES string of the molecule is NSCCC1CC(O)[C@H](O)[C@H](Cc2ccc(NC(N)=O)cc2)O1. The number of primary amides is 1. The zero-order chi connectivity index (χ0) is 16.8. The van der Waals surface area contributed by atoms with Crippen LogP contribution in [0.5, 0.6) is 0 Å². The van der Waals surface area contributed by atoms with Gasteiger partial charge in [0.25, 0.3) is 0 Å². The van der Waals surface area contributed by atoms with Gasteiger partial charge in [0.2, 0.25) is 0 Å². The minimum Gasteiger partial charge on any atom is -0.390 e. The molecular formula is C15H23N3O4S. The molecule has 128 valence electrons. The first-order valence-corrected chi connectivity index (χ1v) is 8.53. The van der Waals surface area contributed by atoms with E-state index < -0.39 is 24.3 Å². The van der Waals surface area contributed by atoms with Crippen LogP contribution in [0.2, 0.25) is 0 Å². The van der Waals surface area contributed by atoms with Crippen molar-refractivity contribution in [1.82, 2.24) is 0 Å². The number of amides is 2. The van der Waals surface area contributed by atoms with E-state index >= 15 is 0 Å². The van der Waals surface area contributed by atoms with Crippen molar-refractivity contribution in [2.45, 2.75) is 43.7 Å². The lowest BCUT2D eigenvalue weighted by molar-refractivity contribution is -0.167. The summed E-state index contributed by atoms with van der Waals surface area (Å²) in [6.07, 6.45) is -0.659. The van der Waals surface area contributed by atoms with Crippen molar-refractivity contribution in [3.63, 3.8) is 0 Å². The zero-order valence-corrected chi connectivity index (χ0v) is 13.5. The Balaban J connectivity index is 1.97. The van der Waals surface area contributed by atoms with Crippen LogP contribution < -0.4 is 16.2 Å². The topological polar surface area (TPSA) is 131 Å². The molecular weight excluding hydrogens is 318 g/mol. The molecule has 2 unspecified atom stereocenters. The van der Waals surface area contributed by atoms with Gasteiger partial charge in [0.05, 0.1) is 18.3 Å². The molecule has 0 aliphatic carbocycles. The number of rotatable bonds is 6. The van der Waals surface area contributed by atoms with Gasteiger partial charge in [0, 0.05) is 24.3 Å². The fourth-order valence-corrected chi connectivity index (χ4v) is 3.09. The molecule has 0 aromatic heterocycles. The zero-order valence-electron chi connectivity index (χ0n) is 12.7. The number of hydrogen-bond acceptors (Lipinski definition) is 6. The molecule has 0 bridgehead atoms. The summed E-state index contributed by atoms with van der Waals surface area (Å²) in [4.78, 5) is 10.8. The summed E-state index contributed by atoms with van der Waals surface area (Å²) in [6, 6.07) is 6.50. The Labute approximate surface area is 139 Å². The largest absolute Gasteiger partial charge is 0.390 e. The number of ether oxygens (including phenoxy) is 1. The van der Waals surface area contributed by atoms with Crippen molar-refractivity contribution >= 4 is 23.7 Å². The van der Waals surface area contributed by atoms with E-state index in [1.807, 2.05) is 12.1 Å². The van der Waals surface area contributed by atoms with Gasteiger partial charge >= 0.3 is 6.03 Å². The van der Waals surface area contributed by atoms with Crippen molar-refractivity contribution < 1.29 is 19.7 Å². The molecule has 1 saturated heterocycles. The molecule has 7 nitrogen and oxygen atoms in total. The Hall–Kier alpha value is -1.32. The third-order valence-corrected chi connectivity index (χ3v) is 4.33. The smallest absolute Gasteiger partial charge is 0.316 e. The van der Waals surface area contributed by atoms with E-state index in [9.17, 15) is 15.0 Å². The second kappa shape index (κ2) is 8.51. The molecule has 2 amide bonds. The first-order chi connectivity index (χ1) is 11.0. The van der Waals surface area contributed by atoms with Gasteiger partial charge in [-0.2, -0.15) is 0 Å². The highest BCUT2D eigenvalue weighted by molar-refractivity contribution is 7.97. The van der Waals surface area contributed by atoms with Crippen molar-refractivity contribution in [2.24, 2.45) is 10.9 Å². The number of hydrogen-bond donors (Lipinski definition) is 5. The molecule has 1 heterocycles. The molecule has 0 saturated carbocycles. The summed E-state index contributed by atoms with van der Waals surface area (Å²) >= 11 is 1.24. The Morgan fingerprint density at radius 1 is 1.35 bits per heavy atom. The molecule has 23 heavy (non-hydrogen) atoms. The molecule has 4 atom stereocenters. The van der Waals surface area contributed by atoms with E-state index in [1.165, 1.54) is 11.9 Å². The van der Waals surface area contributed by atoms with Gasteiger partial charge in [-0.05, 0) is 24.1 Å². The number of carbonyl (C=O) groups is 1. The normalized spacial score (nSPS) is 27.6. The maximum absolute atomic E-state index is 10.8. The maximum Gasteiger partial charge on any atom is 0.316 e. The number of anilines is 1. The number of carbonyl (C=O) groups excluding carboxylic acids is 1. The highest BCUT2D eigenvalue weighted by Gasteiger charge is 2.36. The molecule has 2 rings (SSSR count). The molecule has 0 radical (unpaired) electrons. The first-order valence-electron chi connectivity index (χ1n) is 7.48. The highest BCUT2D eigenvalue weighted by atomic mass is 32.2. The van der Waals surface area contributed by atoms with Crippen molar-refractivity contribution in [1.29, 1.82) is 0 Å². The average Bonchev–Trinajstić information content (AvgIpc) is 2.51. The Morgan fingerprint density at radius 3 is 2.65 bits per heavy atom.